The summed E-state index contributed by atoms with van der Waals surface area (Å²) in [4.78, 5) is 91.2. The van der Waals surface area contributed by atoms with Crippen LogP contribution in [0.15, 0.2) is 170 Å². The van der Waals surface area contributed by atoms with Crippen LogP contribution in [0.3, 0.4) is 0 Å². The lowest BCUT2D eigenvalue weighted by Crippen LogP contribution is -2.76. The fourth-order valence-electron chi connectivity index (χ4n) is 11.7. The molecule has 7 aromatic carbocycles. The van der Waals surface area contributed by atoms with Crippen LogP contribution >= 0.6 is 11.6 Å². The number of likely N-dealkylation sites (N-methyl/N-ethyl adjacent to an activating group) is 2. The van der Waals surface area contributed by atoms with Crippen LogP contribution in [0.4, 0.5) is 15.3 Å². The van der Waals surface area contributed by atoms with Crippen LogP contribution in [0, 0.1) is 0 Å². The molecule has 7 aromatic rings. The highest BCUT2D eigenvalue weighted by Crippen LogP contribution is 2.35. The molecule has 0 unspecified atom stereocenters. The van der Waals surface area contributed by atoms with Crippen molar-refractivity contribution < 1.29 is 39.0 Å². The number of carbonyl (C=O) groups excluding carboxylic acids is 6. The van der Waals surface area contributed by atoms with Gasteiger partial charge in [-0.25, -0.2) is 29.6 Å². The molecule has 4 atom stereocenters. The average Bonchev–Trinajstić information content (AvgIpc) is 1.41. The number of carbonyl (C=O) groups is 6. The Hall–Kier alpha value is -9.17. The minimum Gasteiger partial charge on any atom is -0.508 e. The normalized spacial score (nSPS) is 19.2. The number of piperazine rings is 2. The third-order valence-electron chi connectivity index (χ3n) is 15.7. The molecule has 4 heterocycles. The van der Waals surface area contributed by atoms with Crippen LogP contribution in [0.2, 0.25) is 5.02 Å². The topological polar surface area (TPSA) is 196 Å². The summed E-state index contributed by atoms with van der Waals surface area (Å²) in [5.74, 6) is -0.593. The Morgan fingerprint density at radius 2 is 0.940 bits per heavy atom. The number of amides is 8. The molecule has 0 bridgehead atoms. The first-order valence-electron chi connectivity index (χ1n) is 27.8. The lowest BCUT2D eigenvalue weighted by molar-refractivity contribution is -0.187. The van der Waals surface area contributed by atoms with Crippen molar-refractivity contribution in [2.75, 3.05) is 59.3 Å². The smallest absolute Gasteiger partial charge is 0.334 e. The molecular formula is C64H68ClN11O8. The second-order valence-electron chi connectivity index (χ2n) is 21.7. The number of anilines is 1. The zero-order valence-electron chi connectivity index (χ0n) is 47.3. The van der Waals surface area contributed by atoms with Gasteiger partial charge in [0, 0.05) is 67.2 Å². The van der Waals surface area contributed by atoms with Gasteiger partial charge >= 0.3 is 12.1 Å². The van der Waals surface area contributed by atoms with Gasteiger partial charge in [-0.1, -0.05) is 151 Å². The predicted molar refractivity (Wildman–Crippen MR) is 319 cm³/mol. The van der Waals surface area contributed by atoms with Gasteiger partial charge < -0.3 is 45.3 Å². The van der Waals surface area contributed by atoms with Crippen molar-refractivity contribution in [1.82, 2.24) is 50.3 Å². The first kappa shape index (κ1) is 58.0. The molecule has 4 fully saturated rings. The lowest BCUT2D eigenvalue weighted by Gasteiger charge is -2.54. The predicted octanol–water partition coefficient (Wildman–Crippen LogP) is 7.02. The summed E-state index contributed by atoms with van der Waals surface area (Å²) in [6.45, 7) is 1.46. The van der Waals surface area contributed by atoms with Crippen LogP contribution in [0.25, 0.3) is 10.8 Å². The second-order valence-corrected chi connectivity index (χ2v) is 22.1. The molecule has 4 aliphatic rings. The fourth-order valence-corrected chi connectivity index (χ4v) is 12.1. The Morgan fingerprint density at radius 1 is 0.524 bits per heavy atom. The number of rotatable bonds is 13. The first-order valence-corrected chi connectivity index (χ1v) is 28.2. The van der Waals surface area contributed by atoms with Crippen molar-refractivity contribution in [3.05, 3.63) is 208 Å². The number of phenols is 2. The van der Waals surface area contributed by atoms with E-state index in [4.69, 9.17) is 11.6 Å². The number of hydrogen-bond acceptors (Lipinski definition) is 11. The monoisotopic (exact) mass is 1150 g/mol. The zero-order chi connectivity index (χ0) is 59.2. The molecule has 8 amide bonds. The summed E-state index contributed by atoms with van der Waals surface area (Å²) >= 11 is 6.54. The van der Waals surface area contributed by atoms with E-state index in [2.05, 4.69) is 10.6 Å². The van der Waals surface area contributed by atoms with E-state index in [-0.39, 0.29) is 92.8 Å². The minimum absolute atomic E-state index is 0.0298. The Morgan fingerprint density at radius 3 is 1.42 bits per heavy atom. The molecule has 4 aliphatic heterocycles. The number of para-hydroxylation sites is 1. The number of phenolic OH excluding ortho intramolecular Hbond substituents is 2. The summed E-state index contributed by atoms with van der Waals surface area (Å²) < 4.78 is 0. The maximum atomic E-state index is 14.2. The van der Waals surface area contributed by atoms with Gasteiger partial charge in [-0.05, 0) is 74.5 Å². The van der Waals surface area contributed by atoms with Gasteiger partial charge in [-0.15, -0.1) is 0 Å². The number of aromatic hydroxyl groups is 2. The van der Waals surface area contributed by atoms with E-state index in [1.165, 1.54) is 0 Å². The SMILES string of the molecule is CN(C)c1c(Cl)cccc1CN1C[C@H]2N(C(=O)CN(C)N2C(=O)NCc2ccccc2)[C@@H](Cc2ccc(O)cc2)C1=O.CN1CC(=O)N2[C@@H](Cc3ccc(O)cc3)C(=O)N(Cc3cccc4ccccc34)C[C@@H]2N1C(=O)NCc1ccccc1. The van der Waals surface area contributed by atoms with Gasteiger partial charge in [0.2, 0.25) is 23.6 Å². The molecule has 4 N–H and O–H groups in total. The van der Waals surface area contributed by atoms with E-state index in [9.17, 15) is 39.0 Å². The second kappa shape index (κ2) is 25.5. The minimum atomic E-state index is -0.846. The van der Waals surface area contributed by atoms with Gasteiger partial charge in [0.05, 0.1) is 36.9 Å². The molecule has 20 heteroatoms. The Bertz CT molecular complexity index is 3520. The number of nitrogens with zero attached hydrogens (tertiary/aromatic N) is 9. The molecular weight excluding hydrogens is 1090 g/mol. The Kier molecular flexibility index (Phi) is 17.6. The maximum absolute atomic E-state index is 14.2. The van der Waals surface area contributed by atoms with Crippen molar-refractivity contribution in [2.24, 2.45) is 0 Å². The van der Waals surface area contributed by atoms with E-state index in [0.717, 1.165) is 49.8 Å². The molecule has 0 radical (unpaired) electrons. The lowest BCUT2D eigenvalue weighted by atomic mass is 9.97. The van der Waals surface area contributed by atoms with Crippen LogP contribution in [-0.4, -0.2) is 164 Å². The van der Waals surface area contributed by atoms with Crippen molar-refractivity contribution in [2.45, 2.75) is 63.4 Å². The number of hydrogen-bond donors (Lipinski definition) is 4. The summed E-state index contributed by atoms with van der Waals surface area (Å²) in [7, 11) is 7.21. The van der Waals surface area contributed by atoms with Crippen molar-refractivity contribution in [1.29, 1.82) is 0 Å². The molecule has 434 valence electrons. The molecule has 19 nitrogen and oxygen atoms in total. The molecule has 0 saturated carbocycles. The summed E-state index contributed by atoms with van der Waals surface area (Å²) in [5.41, 5.74) is 6.15. The van der Waals surface area contributed by atoms with Gasteiger partial charge in [0.15, 0.2) is 0 Å². The summed E-state index contributed by atoms with van der Waals surface area (Å²) in [6, 6.07) is 49.8. The molecule has 0 spiro atoms. The van der Waals surface area contributed by atoms with Crippen molar-refractivity contribution in [3.63, 3.8) is 0 Å². The number of hydrazine groups is 2. The van der Waals surface area contributed by atoms with Crippen LogP contribution in [-0.2, 0) is 58.2 Å². The molecule has 0 aliphatic carbocycles. The van der Waals surface area contributed by atoms with Crippen molar-refractivity contribution >= 4 is 63.8 Å². The number of benzene rings is 7. The fraction of sp³-hybridized carbons (Fsp3) is 0.281. The highest BCUT2D eigenvalue weighted by molar-refractivity contribution is 6.33. The summed E-state index contributed by atoms with van der Waals surface area (Å²) in [6.07, 6.45) is -0.927. The van der Waals surface area contributed by atoms with E-state index in [0.29, 0.717) is 24.7 Å². The maximum Gasteiger partial charge on any atom is 0.334 e. The number of nitrogens with one attached hydrogen (secondary N) is 2. The molecule has 4 saturated heterocycles. The van der Waals surface area contributed by atoms with Crippen molar-refractivity contribution in [3.8, 4) is 11.5 Å². The highest BCUT2D eigenvalue weighted by Gasteiger charge is 2.52. The Labute approximate surface area is 493 Å². The van der Waals surface area contributed by atoms with E-state index >= 15 is 0 Å². The quantitative estimate of drug-likeness (QED) is 0.0927. The van der Waals surface area contributed by atoms with Crippen LogP contribution in [0.1, 0.15) is 33.4 Å². The summed E-state index contributed by atoms with van der Waals surface area (Å²) in [5, 5.41) is 34.6. The van der Waals surface area contributed by atoms with Gasteiger partial charge in [-0.3, -0.25) is 19.2 Å². The van der Waals surface area contributed by atoms with Crippen LogP contribution < -0.4 is 15.5 Å². The standard InChI is InChI=1S/C33H33N5O4.C31H35ClN6O4/c1-35-22-31(40)37-29(18-23-14-16-27(39)17-15-23)32(41)36(20-26-12-7-11-25-10-5-6-13-28(25)26)21-30(37)38(35)33(42)34-19-24-8-3-2-4-9-24;1-34(2)29-23(10-7-11-25(29)32)18-36-19-27-37(26(30(36)41)16-21-12-14-24(39)15-13-21)28(40)20-35(3)38(27)31(42)33-17-22-8-5-4-6-9-22/h2-17,29-30,39H,18-22H2,1H3,(H,34,42);4-15,26-27,39H,16-20H2,1-3H3,(H,33,42)/t29-,30-;26-,27-/m00/s1. The zero-order valence-corrected chi connectivity index (χ0v) is 48.0. The molecule has 84 heavy (non-hydrogen) atoms. The molecule has 11 rings (SSSR count). The third kappa shape index (κ3) is 12.7. The van der Waals surface area contributed by atoms with Gasteiger partial charge in [0.25, 0.3) is 0 Å². The number of halogens is 1. The highest BCUT2D eigenvalue weighted by atomic mass is 35.5. The number of urea groups is 2. The number of fused-ring (bicyclic) bond motifs is 3. The van der Waals surface area contributed by atoms with Gasteiger partial charge in [-0.2, -0.15) is 0 Å². The van der Waals surface area contributed by atoms with E-state index in [1.54, 1.807) is 108 Å². The Balaban J connectivity index is 0.000000187. The third-order valence-corrected chi connectivity index (χ3v) is 16.0. The van der Waals surface area contributed by atoms with Gasteiger partial charge in [0.1, 0.15) is 35.9 Å². The average molecular weight is 1150 g/mol. The largest absolute Gasteiger partial charge is 0.508 e. The van der Waals surface area contributed by atoms with Crippen LogP contribution in [0.5, 0.6) is 11.5 Å². The molecule has 0 aromatic heterocycles. The van der Waals surface area contributed by atoms with E-state index < -0.39 is 24.4 Å². The van der Waals surface area contributed by atoms with E-state index in [1.807, 2.05) is 134 Å². The first-order chi connectivity index (χ1) is 40.5.